The summed E-state index contributed by atoms with van der Waals surface area (Å²) < 4.78 is 163. The number of benzene rings is 2. The minimum absolute atomic E-state index is 0.0634. The molecule has 0 heterocycles. The van der Waals surface area contributed by atoms with Crippen LogP contribution in [-0.4, -0.2) is 34.9 Å². The molecule has 17 heteroatoms. The van der Waals surface area contributed by atoms with Crippen molar-refractivity contribution in [3.63, 3.8) is 0 Å². The SMILES string of the molecule is Nc1ccc(Oc2ccc(N)c(C(O)(C(F)(F)F)C(F)(F)F)c2)cc1C(O)(C(F)(F)F)C(F)(F)F. The molecule has 35 heavy (non-hydrogen) atoms. The molecule has 0 fully saturated rings. The van der Waals surface area contributed by atoms with Crippen LogP contribution in [0, 0.1) is 0 Å². The second kappa shape index (κ2) is 8.25. The Hall–Kier alpha value is -3.08. The molecule has 0 atom stereocenters. The Bertz CT molecular complexity index is 977. The fraction of sp³-hybridized carbons (Fsp3) is 0.333. The molecule has 0 aliphatic heterocycles. The number of nitrogens with two attached hydrogens (primary N) is 2. The summed E-state index contributed by atoms with van der Waals surface area (Å²) in [6.45, 7) is 0. The monoisotopic (exact) mass is 532 g/mol. The van der Waals surface area contributed by atoms with E-state index in [1.54, 1.807) is 0 Å². The quantitative estimate of drug-likeness (QED) is 0.318. The Morgan fingerprint density at radius 3 is 1.00 bits per heavy atom. The molecule has 0 saturated carbocycles. The Labute approximate surface area is 186 Å². The van der Waals surface area contributed by atoms with Crippen LogP contribution in [0.3, 0.4) is 0 Å². The van der Waals surface area contributed by atoms with Gasteiger partial charge in [0.15, 0.2) is 0 Å². The van der Waals surface area contributed by atoms with E-state index in [2.05, 4.69) is 0 Å². The molecule has 0 unspecified atom stereocenters. The molecule has 0 saturated heterocycles. The number of hydrogen-bond donors (Lipinski definition) is 4. The lowest BCUT2D eigenvalue weighted by molar-refractivity contribution is -0.376. The van der Waals surface area contributed by atoms with Crippen molar-refractivity contribution in [2.75, 3.05) is 11.5 Å². The van der Waals surface area contributed by atoms with E-state index in [9.17, 15) is 62.9 Å². The first-order valence-electron chi connectivity index (χ1n) is 8.68. The molecule has 2 rings (SSSR count). The zero-order valence-electron chi connectivity index (χ0n) is 16.5. The second-order valence-corrected chi connectivity index (χ2v) is 7.01. The minimum atomic E-state index is -6.36. The highest BCUT2D eigenvalue weighted by Gasteiger charge is 2.73. The van der Waals surface area contributed by atoms with Crippen molar-refractivity contribution in [2.45, 2.75) is 35.9 Å². The lowest BCUT2D eigenvalue weighted by atomic mass is 9.90. The van der Waals surface area contributed by atoms with Gasteiger partial charge in [-0.15, -0.1) is 0 Å². The average Bonchev–Trinajstić information content (AvgIpc) is 2.66. The van der Waals surface area contributed by atoms with E-state index in [-0.39, 0.29) is 12.1 Å². The van der Waals surface area contributed by atoms with Crippen LogP contribution >= 0.6 is 0 Å². The molecule has 6 N–H and O–H groups in total. The molecular weight excluding hydrogens is 520 g/mol. The first-order valence-corrected chi connectivity index (χ1v) is 8.68. The summed E-state index contributed by atoms with van der Waals surface area (Å²) in [6.07, 6.45) is -25.4. The summed E-state index contributed by atoms with van der Waals surface area (Å²) in [6, 6.07) is 1.92. The van der Waals surface area contributed by atoms with E-state index in [1.165, 1.54) is 0 Å². The van der Waals surface area contributed by atoms with Crippen LogP contribution in [-0.2, 0) is 11.2 Å². The van der Waals surface area contributed by atoms with E-state index >= 15 is 0 Å². The second-order valence-electron chi connectivity index (χ2n) is 7.01. The molecular formula is C18H12F12N2O3. The van der Waals surface area contributed by atoms with Crippen molar-refractivity contribution in [1.82, 2.24) is 0 Å². The molecule has 0 spiro atoms. The van der Waals surface area contributed by atoms with Gasteiger partial charge in [-0.1, -0.05) is 0 Å². The van der Waals surface area contributed by atoms with Crippen LogP contribution in [0.2, 0.25) is 0 Å². The summed E-state index contributed by atoms with van der Waals surface area (Å²) in [5.74, 6) is -2.03. The van der Waals surface area contributed by atoms with Crippen LogP contribution in [0.15, 0.2) is 36.4 Å². The molecule has 2 aromatic carbocycles. The first kappa shape index (κ1) is 28.2. The smallest absolute Gasteiger partial charge is 0.430 e. The number of halogens is 12. The lowest BCUT2D eigenvalue weighted by Gasteiger charge is -2.34. The van der Waals surface area contributed by atoms with E-state index < -0.39 is 69.9 Å². The largest absolute Gasteiger partial charge is 0.457 e. The van der Waals surface area contributed by atoms with Gasteiger partial charge in [-0.2, -0.15) is 52.7 Å². The maximum Gasteiger partial charge on any atom is 0.430 e. The van der Waals surface area contributed by atoms with Crippen LogP contribution in [0.5, 0.6) is 11.5 Å². The van der Waals surface area contributed by atoms with Crippen LogP contribution < -0.4 is 16.2 Å². The third-order valence-electron chi connectivity index (χ3n) is 4.71. The maximum absolute atomic E-state index is 13.2. The van der Waals surface area contributed by atoms with Crippen molar-refractivity contribution in [3.05, 3.63) is 47.5 Å². The molecule has 0 amide bonds. The number of ether oxygens (including phenoxy) is 1. The van der Waals surface area contributed by atoms with E-state index in [0.717, 1.165) is 0 Å². The standard InChI is InChI=1S/C18H12F12N2O3/c19-15(20,21)13(33,16(22,23)24)9-5-7(1-3-11(9)31)35-8-2-4-12(32)10(6-8)14(34,17(25,26)27)18(28,29)30/h1-6,33-34H,31-32H2. The minimum Gasteiger partial charge on any atom is -0.457 e. The van der Waals surface area contributed by atoms with Gasteiger partial charge >= 0.3 is 24.7 Å². The molecule has 0 radical (unpaired) electrons. The number of hydrogen-bond acceptors (Lipinski definition) is 5. The topological polar surface area (TPSA) is 102 Å². The van der Waals surface area contributed by atoms with Crippen molar-refractivity contribution < 1.29 is 67.6 Å². The van der Waals surface area contributed by atoms with E-state index in [0.29, 0.717) is 24.3 Å². The van der Waals surface area contributed by atoms with Gasteiger partial charge in [-0.25, -0.2) is 0 Å². The van der Waals surface area contributed by atoms with Crippen molar-refractivity contribution in [2.24, 2.45) is 0 Å². The fourth-order valence-corrected chi connectivity index (χ4v) is 2.89. The van der Waals surface area contributed by atoms with Crippen LogP contribution in [0.25, 0.3) is 0 Å². The summed E-state index contributed by atoms with van der Waals surface area (Å²) >= 11 is 0. The summed E-state index contributed by atoms with van der Waals surface area (Å²) in [5, 5.41) is 19.0. The third kappa shape index (κ3) is 4.61. The normalized spacial score (nSPS) is 14.2. The Kier molecular flexibility index (Phi) is 6.64. The van der Waals surface area contributed by atoms with Crippen LogP contribution in [0.1, 0.15) is 11.1 Å². The maximum atomic E-state index is 13.2. The van der Waals surface area contributed by atoms with E-state index in [1.807, 2.05) is 0 Å². The predicted octanol–water partition coefficient (Wildman–Crippen LogP) is 5.27. The van der Waals surface area contributed by atoms with Crippen molar-refractivity contribution >= 4 is 11.4 Å². The molecule has 0 aliphatic rings. The van der Waals surface area contributed by atoms with Gasteiger partial charge < -0.3 is 26.4 Å². The van der Waals surface area contributed by atoms with Gasteiger partial charge in [0.1, 0.15) is 11.5 Å². The van der Waals surface area contributed by atoms with Gasteiger partial charge in [0, 0.05) is 22.5 Å². The highest BCUT2D eigenvalue weighted by atomic mass is 19.4. The Balaban J connectivity index is 2.66. The summed E-state index contributed by atoms with van der Waals surface area (Å²) in [4.78, 5) is 0. The van der Waals surface area contributed by atoms with Gasteiger partial charge in [0.2, 0.25) is 0 Å². The number of nitrogen functional groups attached to an aromatic ring is 2. The Morgan fingerprint density at radius 1 is 0.514 bits per heavy atom. The van der Waals surface area contributed by atoms with Gasteiger partial charge in [0.25, 0.3) is 11.2 Å². The highest BCUT2D eigenvalue weighted by Crippen LogP contribution is 2.54. The molecule has 2 aromatic rings. The summed E-state index contributed by atoms with van der Waals surface area (Å²) in [7, 11) is 0. The fourth-order valence-electron chi connectivity index (χ4n) is 2.89. The lowest BCUT2D eigenvalue weighted by Crippen LogP contribution is -2.54. The first-order chi connectivity index (χ1) is 15.5. The zero-order chi connectivity index (χ0) is 27.4. The zero-order valence-corrected chi connectivity index (χ0v) is 16.5. The van der Waals surface area contributed by atoms with Crippen LogP contribution in [0.4, 0.5) is 64.1 Å². The summed E-state index contributed by atoms with van der Waals surface area (Å²) in [5.41, 5.74) is -7.14. The average molecular weight is 532 g/mol. The third-order valence-corrected chi connectivity index (χ3v) is 4.71. The van der Waals surface area contributed by atoms with Crippen molar-refractivity contribution in [3.8, 4) is 11.5 Å². The predicted molar refractivity (Wildman–Crippen MR) is 93.8 cm³/mol. The van der Waals surface area contributed by atoms with Gasteiger partial charge in [-0.05, 0) is 36.4 Å². The molecule has 5 nitrogen and oxygen atoms in total. The molecule has 196 valence electrons. The van der Waals surface area contributed by atoms with Gasteiger partial charge in [-0.3, -0.25) is 0 Å². The number of alkyl halides is 12. The number of anilines is 2. The number of rotatable bonds is 4. The van der Waals surface area contributed by atoms with Crippen molar-refractivity contribution in [1.29, 1.82) is 0 Å². The highest BCUT2D eigenvalue weighted by molar-refractivity contribution is 5.57. The molecule has 0 bridgehead atoms. The Morgan fingerprint density at radius 2 is 0.771 bits per heavy atom. The van der Waals surface area contributed by atoms with Gasteiger partial charge in [0.05, 0.1) is 0 Å². The molecule has 0 aromatic heterocycles. The van der Waals surface area contributed by atoms with E-state index in [4.69, 9.17) is 16.2 Å². The number of aliphatic hydroxyl groups is 2. The molecule has 0 aliphatic carbocycles.